The van der Waals surface area contributed by atoms with Gasteiger partial charge in [0.05, 0.1) is 12.4 Å². The molecule has 0 aliphatic carbocycles. The molecule has 2 N–H and O–H groups in total. The third-order valence-electron chi connectivity index (χ3n) is 2.62. The topological polar surface area (TPSA) is 72.6 Å². The first-order valence-corrected chi connectivity index (χ1v) is 8.30. The Morgan fingerprint density at radius 1 is 1.32 bits per heavy atom. The van der Waals surface area contributed by atoms with E-state index in [2.05, 4.69) is 0 Å². The van der Waals surface area contributed by atoms with Crippen LogP contribution >= 0.6 is 0 Å². The zero-order chi connectivity index (χ0) is 14.5. The van der Waals surface area contributed by atoms with Gasteiger partial charge in [-0.1, -0.05) is 6.92 Å². The summed E-state index contributed by atoms with van der Waals surface area (Å²) in [6.07, 6.45) is 2.16. The molecule has 1 aromatic rings. The third kappa shape index (κ3) is 5.83. The lowest BCUT2D eigenvalue weighted by Gasteiger charge is -2.20. The molecule has 5 nitrogen and oxygen atoms in total. The maximum atomic E-state index is 11.2. The minimum absolute atomic E-state index is 0.115. The van der Waals surface area contributed by atoms with Crippen molar-refractivity contribution in [3.63, 3.8) is 0 Å². The quantitative estimate of drug-likeness (QED) is 0.770. The van der Waals surface area contributed by atoms with E-state index in [0.29, 0.717) is 24.6 Å². The van der Waals surface area contributed by atoms with Gasteiger partial charge in [-0.3, -0.25) is 0 Å². The number of sulfone groups is 1. The molecule has 19 heavy (non-hydrogen) atoms. The molecule has 0 unspecified atom stereocenters. The summed E-state index contributed by atoms with van der Waals surface area (Å²) in [4.78, 5) is 1.86. The van der Waals surface area contributed by atoms with Gasteiger partial charge >= 0.3 is 0 Å². The number of anilines is 2. The van der Waals surface area contributed by atoms with Crippen molar-refractivity contribution in [1.82, 2.24) is 0 Å². The molecule has 0 spiro atoms. The highest BCUT2D eigenvalue weighted by Gasteiger charge is 2.08. The van der Waals surface area contributed by atoms with Gasteiger partial charge in [-0.25, -0.2) is 8.42 Å². The molecule has 0 bridgehead atoms. The van der Waals surface area contributed by atoms with Crippen LogP contribution in [-0.2, 0) is 9.84 Å². The molecule has 0 aliphatic rings. The lowest BCUT2D eigenvalue weighted by Crippen LogP contribution is -2.24. The van der Waals surface area contributed by atoms with Crippen LogP contribution in [-0.4, -0.2) is 40.6 Å². The summed E-state index contributed by atoms with van der Waals surface area (Å²) < 4.78 is 27.9. The van der Waals surface area contributed by atoms with Crippen molar-refractivity contribution in [2.75, 3.05) is 42.8 Å². The molecule has 1 aromatic carbocycles. The molecule has 1 rings (SSSR count). The van der Waals surface area contributed by atoms with Crippen molar-refractivity contribution in [3.8, 4) is 5.75 Å². The summed E-state index contributed by atoms with van der Waals surface area (Å²) >= 11 is 0. The minimum Gasteiger partial charge on any atom is -0.493 e. The number of nitrogen functional groups attached to an aromatic ring is 1. The SMILES string of the molecule is CCCOc1cc(N)cc(N(C)CCS(C)(=O)=O)c1. The molecule has 0 saturated heterocycles. The molecular formula is C13H22N2O3S. The van der Waals surface area contributed by atoms with Crippen LogP contribution in [0.15, 0.2) is 18.2 Å². The van der Waals surface area contributed by atoms with Crippen molar-refractivity contribution in [2.45, 2.75) is 13.3 Å². The number of nitrogens with zero attached hydrogens (tertiary/aromatic N) is 1. The summed E-state index contributed by atoms with van der Waals surface area (Å²) in [5.41, 5.74) is 7.29. The Labute approximate surface area is 115 Å². The van der Waals surface area contributed by atoms with Gasteiger partial charge in [0.2, 0.25) is 0 Å². The fourth-order valence-electron chi connectivity index (χ4n) is 1.56. The highest BCUT2D eigenvalue weighted by molar-refractivity contribution is 7.90. The highest BCUT2D eigenvalue weighted by Crippen LogP contribution is 2.25. The third-order valence-corrected chi connectivity index (χ3v) is 3.55. The van der Waals surface area contributed by atoms with E-state index in [1.54, 1.807) is 12.1 Å². The first-order chi connectivity index (χ1) is 8.81. The summed E-state index contributed by atoms with van der Waals surface area (Å²) in [5.74, 6) is 0.826. The molecule has 6 heteroatoms. The largest absolute Gasteiger partial charge is 0.493 e. The van der Waals surface area contributed by atoms with Crippen molar-refractivity contribution in [3.05, 3.63) is 18.2 Å². The van der Waals surface area contributed by atoms with Crippen LogP contribution in [0.5, 0.6) is 5.75 Å². The first kappa shape index (κ1) is 15.6. The standard InChI is InChI=1S/C13H22N2O3S/c1-4-6-18-13-9-11(14)8-12(10-13)15(2)5-7-19(3,16)17/h8-10H,4-7,14H2,1-3H3. The zero-order valence-corrected chi connectivity index (χ0v) is 12.5. The van der Waals surface area contributed by atoms with Crippen LogP contribution in [0.4, 0.5) is 11.4 Å². The smallest absolute Gasteiger partial charge is 0.149 e. The van der Waals surface area contributed by atoms with E-state index in [4.69, 9.17) is 10.5 Å². The van der Waals surface area contributed by atoms with Gasteiger partial charge in [0.1, 0.15) is 15.6 Å². The van der Waals surface area contributed by atoms with Crippen LogP contribution in [0.25, 0.3) is 0 Å². The van der Waals surface area contributed by atoms with Crippen LogP contribution in [0.1, 0.15) is 13.3 Å². The Hall–Kier alpha value is -1.43. The van der Waals surface area contributed by atoms with Gasteiger partial charge < -0.3 is 15.4 Å². The van der Waals surface area contributed by atoms with Crippen LogP contribution < -0.4 is 15.4 Å². The number of benzene rings is 1. The molecule has 0 aromatic heterocycles. The van der Waals surface area contributed by atoms with Crippen LogP contribution in [0.2, 0.25) is 0 Å². The number of ether oxygens (including phenoxy) is 1. The monoisotopic (exact) mass is 286 g/mol. The highest BCUT2D eigenvalue weighted by atomic mass is 32.2. The lowest BCUT2D eigenvalue weighted by atomic mass is 10.2. The zero-order valence-electron chi connectivity index (χ0n) is 11.7. The van der Waals surface area contributed by atoms with E-state index in [1.165, 1.54) is 6.26 Å². The van der Waals surface area contributed by atoms with Gasteiger partial charge in [0, 0.05) is 43.4 Å². The molecule has 0 saturated carbocycles. The molecule has 0 amide bonds. The maximum absolute atomic E-state index is 11.2. The van der Waals surface area contributed by atoms with Gasteiger partial charge in [0.25, 0.3) is 0 Å². The Kier molecular flexibility index (Phi) is 5.47. The van der Waals surface area contributed by atoms with Crippen molar-refractivity contribution >= 4 is 21.2 Å². The normalized spacial score (nSPS) is 11.3. The molecule has 0 fully saturated rings. The molecule has 0 atom stereocenters. The molecular weight excluding hydrogens is 264 g/mol. The second kappa shape index (κ2) is 6.65. The number of hydrogen-bond donors (Lipinski definition) is 1. The van der Waals surface area contributed by atoms with Crippen LogP contribution in [0, 0.1) is 0 Å². The van der Waals surface area contributed by atoms with Crippen molar-refractivity contribution < 1.29 is 13.2 Å². The number of hydrogen-bond acceptors (Lipinski definition) is 5. The predicted molar refractivity (Wildman–Crippen MR) is 79.6 cm³/mol. The van der Waals surface area contributed by atoms with E-state index in [-0.39, 0.29) is 5.75 Å². The van der Waals surface area contributed by atoms with E-state index in [1.807, 2.05) is 24.9 Å². The average Bonchev–Trinajstić information content (AvgIpc) is 2.31. The Morgan fingerprint density at radius 2 is 2.00 bits per heavy atom. The fraction of sp³-hybridized carbons (Fsp3) is 0.538. The van der Waals surface area contributed by atoms with Crippen LogP contribution in [0.3, 0.4) is 0 Å². The van der Waals surface area contributed by atoms with E-state index in [0.717, 1.165) is 12.1 Å². The summed E-state index contributed by atoms with van der Waals surface area (Å²) in [6, 6.07) is 5.44. The average molecular weight is 286 g/mol. The Balaban J connectivity index is 2.78. The van der Waals surface area contributed by atoms with E-state index < -0.39 is 9.84 Å². The van der Waals surface area contributed by atoms with Gasteiger partial charge in [-0.05, 0) is 12.5 Å². The predicted octanol–water partition coefficient (Wildman–Crippen LogP) is 1.54. The molecule has 0 aliphatic heterocycles. The molecule has 0 radical (unpaired) electrons. The summed E-state index contributed by atoms with van der Waals surface area (Å²) in [6.45, 7) is 3.09. The van der Waals surface area contributed by atoms with Gasteiger partial charge in [-0.15, -0.1) is 0 Å². The number of rotatable bonds is 7. The summed E-state index contributed by atoms with van der Waals surface area (Å²) in [7, 11) is -1.13. The van der Waals surface area contributed by atoms with Gasteiger partial charge in [0.15, 0.2) is 0 Å². The van der Waals surface area contributed by atoms with E-state index in [9.17, 15) is 8.42 Å². The maximum Gasteiger partial charge on any atom is 0.149 e. The minimum atomic E-state index is -2.97. The molecule has 108 valence electrons. The second-order valence-electron chi connectivity index (χ2n) is 4.66. The summed E-state index contributed by atoms with van der Waals surface area (Å²) in [5, 5.41) is 0. The molecule has 0 heterocycles. The fourth-order valence-corrected chi connectivity index (χ4v) is 2.17. The van der Waals surface area contributed by atoms with Crippen molar-refractivity contribution in [2.24, 2.45) is 0 Å². The number of nitrogens with two attached hydrogens (primary N) is 1. The Bertz CT molecular complexity index is 515. The lowest BCUT2D eigenvalue weighted by molar-refractivity contribution is 0.317. The first-order valence-electron chi connectivity index (χ1n) is 6.24. The van der Waals surface area contributed by atoms with E-state index >= 15 is 0 Å². The van der Waals surface area contributed by atoms with Gasteiger partial charge in [-0.2, -0.15) is 0 Å². The second-order valence-corrected chi connectivity index (χ2v) is 6.92. The Morgan fingerprint density at radius 3 is 2.58 bits per heavy atom. The van der Waals surface area contributed by atoms with Crippen molar-refractivity contribution in [1.29, 1.82) is 0 Å².